The van der Waals surface area contributed by atoms with Crippen LogP contribution < -0.4 is 5.32 Å². The van der Waals surface area contributed by atoms with Crippen molar-refractivity contribution in [2.45, 2.75) is 9.99 Å². The zero-order valence-electron chi connectivity index (χ0n) is 10.5. The summed E-state index contributed by atoms with van der Waals surface area (Å²) >= 11 is 13.5. The Labute approximate surface area is 140 Å². The molecule has 1 aliphatic rings. The van der Waals surface area contributed by atoms with Gasteiger partial charge in [0, 0.05) is 16.0 Å². The van der Waals surface area contributed by atoms with Crippen LogP contribution in [-0.4, -0.2) is 10.2 Å². The molecule has 0 atom stereocenters. The molecule has 2 heterocycles. The van der Waals surface area contributed by atoms with Crippen LogP contribution in [-0.2, 0) is 4.79 Å². The number of amides is 1. The Hall–Kier alpha value is -1.21. The lowest BCUT2D eigenvalue weighted by Gasteiger charge is -1.97. The Morgan fingerprint density at radius 2 is 2.00 bits per heavy atom. The fraction of sp³-hybridized carbons (Fsp3) is 0. The van der Waals surface area contributed by atoms with E-state index in [9.17, 15) is 4.79 Å². The largest absolute Gasteiger partial charge is 0.450 e. The van der Waals surface area contributed by atoms with Gasteiger partial charge in [0.1, 0.15) is 10.1 Å². The van der Waals surface area contributed by atoms with Gasteiger partial charge in [-0.3, -0.25) is 4.79 Å². The first-order chi connectivity index (χ1) is 10.1. The average Bonchev–Trinajstić information content (AvgIpc) is 3.00. The molecule has 2 aromatic rings. The first-order valence-electron chi connectivity index (χ1n) is 5.88. The van der Waals surface area contributed by atoms with Gasteiger partial charge in [0.15, 0.2) is 5.09 Å². The van der Waals surface area contributed by atoms with E-state index in [2.05, 4.69) is 5.32 Å². The number of thioether (sulfide) groups is 1. The fourth-order valence-electron chi connectivity index (χ4n) is 1.64. The summed E-state index contributed by atoms with van der Waals surface area (Å²) in [4.78, 5) is 13.1. The Kier molecular flexibility index (Phi) is 4.40. The molecule has 0 spiro atoms. The van der Waals surface area contributed by atoms with Crippen molar-refractivity contribution in [3.63, 3.8) is 0 Å². The van der Waals surface area contributed by atoms with Gasteiger partial charge in [-0.2, -0.15) is 0 Å². The summed E-state index contributed by atoms with van der Waals surface area (Å²) in [5.74, 6) is 0.433. The van der Waals surface area contributed by atoms with Gasteiger partial charge in [0.2, 0.25) is 0 Å². The number of halogens is 1. The van der Waals surface area contributed by atoms with Crippen LogP contribution in [0.1, 0.15) is 5.76 Å². The second kappa shape index (κ2) is 6.27. The molecule has 1 saturated heterocycles. The van der Waals surface area contributed by atoms with Crippen molar-refractivity contribution in [2.24, 2.45) is 0 Å². The number of nitrogens with one attached hydrogen (secondary N) is 1. The monoisotopic (exact) mass is 353 g/mol. The molecule has 0 saturated carbocycles. The minimum absolute atomic E-state index is 0.187. The van der Waals surface area contributed by atoms with Crippen LogP contribution in [0.25, 0.3) is 6.08 Å². The number of rotatable bonds is 3. The molecular weight excluding hydrogens is 346 g/mol. The van der Waals surface area contributed by atoms with E-state index in [1.165, 1.54) is 23.5 Å². The summed E-state index contributed by atoms with van der Waals surface area (Å²) in [7, 11) is 0. The SMILES string of the molecule is O=C1NC(=S)S/C1=C\c1ccc(Sc2ccc(Cl)cc2)o1. The number of thiocarbonyl (C=S) groups is 1. The van der Waals surface area contributed by atoms with Gasteiger partial charge in [-0.25, -0.2) is 0 Å². The number of hydrogen-bond donors (Lipinski definition) is 1. The normalized spacial score (nSPS) is 16.5. The third-order valence-corrected chi connectivity index (χ3v) is 4.89. The number of carbonyl (C=O) groups excluding carboxylic acids is 1. The second-order valence-electron chi connectivity index (χ2n) is 4.07. The van der Waals surface area contributed by atoms with Crippen LogP contribution in [0.2, 0.25) is 5.02 Å². The van der Waals surface area contributed by atoms with Crippen LogP contribution in [0.4, 0.5) is 0 Å². The lowest BCUT2D eigenvalue weighted by molar-refractivity contribution is -0.115. The van der Waals surface area contributed by atoms with Crippen molar-refractivity contribution in [1.82, 2.24) is 5.32 Å². The predicted octanol–water partition coefficient (Wildman–Crippen LogP) is 4.57. The van der Waals surface area contributed by atoms with Gasteiger partial charge in [0.05, 0.1) is 4.91 Å². The van der Waals surface area contributed by atoms with Crippen molar-refractivity contribution in [1.29, 1.82) is 0 Å². The molecule has 1 N–H and O–H groups in total. The zero-order chi connectivity index (χ0) is 14.8. The maximum Gasteiger partial charge on any atom is 0.263 e. The van der Waals surface area contributed by atoms with Crippen LogP contribution in [0.15, 0.2) is 55.7 Å². The summed E-state index contributed by atoms with van der Waals surface area (Å²) in [6.45, 7) is 0. The minimum Gasteiger partial charge on any atom is -0.450 e. The molecule has 1 aromatic carbocycles. The maximum atomic E-state index is 11.6. The van der Waals surface area contributed by atoms with Gasteiger partial charge in [-0.1, -0.05) is 47.3 Å². The average molecular weight is 354 g/mol. The highest BCUT2D eigenvalue weighted by molar-refractivity contribution is 8.26. The molecule has 21 heavy (non-hydrogen) atoms. The van der Waals surface area contributed by atoms with E-state index in [0.29, 0.717) is 20.0 Å². The quantitative estimate of drug-likeness (QED) is 0.646. The first kappa shape index (κ1) is 14.7. The van der Waals surface area contributed by atoms with Crippen LogP contribution in [0.3, 0.4) is 0 Å². The van der Waals surface area contributed by atoms with Crippen LogP contribution in [0.5, 0.6) is 0 Å². The summed E-state index contributed by atoms with van der Waals surface area (Å²) in [5.41, 5.74) is 0. The van der Waals surface area contributed by atoms with Crippen molar-refractivity contribution in [3.05, 3.63) is 52.1 Å². The Bertz CT molecular complexity index is 737. The Balaban J connectivity index is 1.74. The predicted molar refractivity (Wildman–Crippen MR) is 90.6 cm³/mol. The molecule has 1 amide bonds. The molecule has 1 aromatic heterocycles. The Morgan fingerprint density at radius 1 is 1.24 bits per heavy atom. The molecule has 1 fully saturated rings. The summed E-state index contributed by atoms with van der Waals surface area (Å²) in [6, 6.07) is 11.2. The third-order valence-electron chi connectivity index (χ3n) is 2.55. The zero-order valence-corrected chi connectivity index (χ0v) is 13.7. The van der Waals surface area contributed by atoms with Crippen LogP contribution >= 0.6 is 47.3 Å². The van der Waals surface area contributed by atoms with Gasteiger partial charge >= 0.3 is 0 Å². The smallest absolute Gasteiger partial charge is 0.263 e. The lowest BCUT2D eigenvalue weighted by atomic mass is 10.4. The molecule has 7 heteroatoms. The molecular formula is C14H8ClNO2S3. The molecule has 3 nitrogen and oxygen atoms in total. The van der Waals surface area contributed by atoms with E-state index in [-0.39, 0.29) is 5.91 Å². The van der Waals surface area contributed by atoms with Crippen molar-refractivity contribution in [3.8, 4) is 0 Å². The topological polar surface area (TPSA) is 42.2 Å². The highest BCUT2D eigenvalue weighted by Gasteiger charge is 2.22. The molecule has 106 valence electrons. The molecule has 0 bridgehead atoms. The van der Waals surface area contributed by atoms with E-state index in [0.717, 1.165) is 9.99 Å². The van der Waals surface area contributed by atoms with Crippen LogP contribution in [0, 0.1) is 0 Å². The first-order valence-corrected chi connectivity index (χ1v) is 8.30. The number of benzene rings is 1. The summed E-state index contributed by atoms with van der Waals surface area (Å²) in [6.07, 6.45) is 1.69. The third kappa shape index (κ3) is 3.71. The number of hydrogen-bond acceptors (Lipinski definition) is 5. The number of furan rings is 1. The van der Waals surface area contributed by atoms with E-state index in [1.807, 2.05) is 36.4 Å². The van der Waals surface area contributed by atoms with Crippen molar-refractivity contribution in [2.75, 3.05) is 0 Å². The molecule has 0 aliphatic carbocycles. The molecule has 0 radical (unpaired) electrons. The van der Waals surface area contributed by atoms with Gasteiger partial charge in [-0.15, -0.1) is 0 Å². The number of carbonyl (C=O) groups is 1. The summed E-state index contributed by atoms with van der Waals surface area (Å²) < 4.78 is 6.15. The van der Waals surface area contributed by atoms with Gasteiger partial charge < -0.3 is 9.73 Å². The fourth-order valence-corrected chi connectivity index (χ4v) is 3.56. The van der Waals surface area contributed by atoms with Gasteiger partial charge in [-0.05, 0) is 36.4 Å². The van der Waals surface area contributed by atoms with E-state index in [1.54, 1.807) is 6.08 Å². The highest BCUT2D eigenvalue weighted by Crippen LogP contribution is 2.32. The van der Waals surface area contributed by atoms with Crippen molar-refractivity contribution < 1.29 is 9.21 Å². The van der Waals surface area contributed by atoms with Crippen molar-refractivity contribution >= 4 is 63.6 Å². The molecule has 0 unspecified atom stereocenters. The molecule has 1 aliphatic heterocycles. The highest BCUT2D eigenvalue weighted by atomic mass is 35.5. The molecule has 3 rings (SSSR count). The minimum atomic E-state index is -0.187. The second-order valence-corrected chi connectivity index (χ2v) is 7.30. The lowest BCUT2D eigenvalue weighted by Crippen LogP contribution is -2.17. The van der Waals surface area contributed by atoms with E-state index in [4.69, 9.17) is 28.2 Å². The maximum absolute atomic E-state index is 11.6. The van der Waals surface area contributed by atoms with Gasteiger partial charge in [0.25, 0.3) is 5.91 Å². The standard InChI is InChI=1S/C14H8ClNO2S3/c15-8-1-4-10(5-2-8)20-12-6-3-9(18-12)7-11-13(17)16-14(19)21-11/h1-7H,(H,16,17,19)/b11-7-. The van der Waals surface area contributed by atoms with E-state index >= 15 is 0 Å². The van der Waals surface area contributed by atoms with E-state index < -0.39 is 0 Å². The Morgan fingerprint density at radius 3 is 2.67 bits per heavy atom. The summed E-state index contributed by atoms with van der Waals surface area (Å²) in [5, 5.41) is 4.01.